The Morgan fingerprint density at radius 1 is 1.21 bits per heavy atom. The number of rotatable bonds is 6. The standard InChI is InChI=1S/C19H22N2O3/c1-14-6-8-17(9-7-14)18(22)21(12-15(2)19(23)24-3)13-16-5-4-10-20-11-16/h4-11,15H,12-13H2,1-3H3. The highest BCUT2D eigenvalue weighted by Gasteiger charge is 2.22. The Balaban J connectivity index is 2.22. The van der Waals surface area contributed by atoms with Crippen molar-refractivity contribution in [2.24, 2.45) is 5.92 Å². The molecule has 0 saturated carbocycles. The summed E-state index contributed by atoms with van der Waals surface area (Å²) in [5, 5.41) is 0. The molecule has 0 aliphatic carbocycles. The third-order valence-electron chi connectivity index (χ3n) is 3.78. The lowest BCUT2D eigenvalue weighted by Gasteiger charge is -2.25. The van der Waals surface area contributed by atoms with Crippen LogP contribution >= 0.6 is 0 Å². The van der Waals surface area contributed by atoms with Crippen molar-refractivity contribution < 1.29 is 14.3 Å². The van der Waals surface area contributed by atoms with Gasteiger partial charge in [0.25, 0.3) is 5.91 Å². The lowest BCUT2D eigenvalue weighted by Crippen LogP contribution is -2.36. The molecule has 0 bridgehead atoms. The van der Waals surface area contributed by atoms with E-state index in [0.29, 0.717) is 12.1 Å². The zero-order chi connectivity index (χ0) is 17.5. The first-order valence-corrected chi connectivity index (χ1v) is 7.84. The van der Waals surface area contributed by atoms with Gasteiger partial charge in [-0.3, -0.25) is 14.6 Å². The van der Waals surface area contributed by atoms with Crippen LogP contribution in [0.3, 0.4) is 0 Å². The van der Waals surface area contributed by atoms with Crippen LogP contribution in [-0.4, -0.2) is 35.4 Å². The number of nitrogens with zero attached hydrogens (tertiary/aromatic N) is 2. The van der Waals surface area contributed by atoms with Crippen molar-refractivity contribution >= 4 is 11.9 Å². The normalized spacial score (nSPS) is 11.6. The average Bonchev–Trinajstić information content (AvgIpc) is 2.61. The Kier molecular flexibility index (Phi) is 6.07. The summed E-state index contributed by atoms with van der Waals surface area (Å²) in [7, 11) is 1.35. The largest absolute Gasteiger partial charge is 0.469 e. The maximum absolute atomic E-state index is 12.9. The van der Waals surface area contributed by atoms with Crippen LogP contribution in [-0.2, 0) is 16.1 Å². The first kappa shape index (κ1) is 17.7. The highest BCUT2D eigenvalue weighted by Crippen LogP contribution is 2.13. The Bertz CT molecular complexity index is 684. The van der Waals surface area contributed by atoms with Crippen molar-refractivity contribution in [3.8, 4) is 0 Å². The fraction of sp³-hybridized carbons (Fsp3) is 0.316. The fourth-order valence-corrected chi connectivity index (χ4v) is 2.42. The van der Waals surface area contributed by atoms with Gasteiger partial charge in [-0.1, -0.05) is 30.7 Å². The summed E-state index contributed by atoms with van der Waals surface area (Å²) in [6, 6.07) is 11.1. The van der Waals surface area contributed by atoms with E-state index in [1.165, 1.54) is 7.11 Å². The first-order chi connectivity index (χ1) is 11.5. The molecule has 5 heteroatoms. The van der Waals surface area contributed by atoms with Gasteiger partial charge in [0.05, 0.1) is 13.0 Å². The van der Waals surface area contributed by atoms with E-state index in [4.69, 9.17) is 4.74 Å². The van der Waals surface area contributed by atoms with Crippen LogP contribution < -0.4 is 0 Å². The second-order valence-electron chi connectivity index (χ2n) is 5.84. The molecular weight excluding hydrogens is 304 g/mol. The summed E-state index contributed by atoms with van der Waals surface area (Å²) in [6.45, 7) is 4.40. The number of hydrogen-bond acceptors (Lipinski definition) is 4. The minimum absolute atomic E-state index is 0.116. The highest BCUT2D eigenvalue weighted by molar-refractivity contribution is 5.94. The fourth-order valence-electron chi connectivity index (χ4n) is 2.42. The monoisotopic (exact) mass is 326 g/mol. The van der Waals surface area contributed by atoms with E-state index >= 15 is 0 Å². The van der Waals surface area contributed by atoms with Gasteiger partial charge in [-0.15, -0.1) is 0 Å². The number of ether oxygens (including phenoxy) is 1. The molecule has 0 spiro atoms. The molecule has 0 N–H and O–H groups in total. The van der Waals surface area contributed by atoms with Gasteiger partial charge in [-0.2, -0.15) is 0 Å². The van der Waals surface area contributed by atoms with Gasteiger partial charge in [0, 0.05) is 31.0 Å². The molecule has 0 aliphatic rings. The molecule has 0 radical (unpaired) electrons. The maximum atomic E-state index is 12.9. The Labute approximate surface area is 142 Å². The Morgan fingerprint density at radius 3 is 2.50 bits per heavy atom. The SMILES string of the molecule is COC(=O)C(C)CN(Cc1cccnc1)C(=O)c1ccc(C)cc1. The summed E-state index contributed by atoms with van der Waals surface area (Å²) in [4.78, 5) is 30.3. The van der Waals surface area contributed by atoms with Gasteiger partial charge in [0.2, 0.25) is 0 Å². The summed E-state index contributed by atoms with van der Waals surface area (Å²) >= 11 is 0. The van der Waals surface area contributed by atoms with E-state index in [1.54, 1.807) is 36.4 Å². The smallest absolute Gasteiger partial charge is 0.310 e. The number of hydrogen-bond donors (Lipinski definition) is 0. The van der Waals surface area contributed by atoms with Gasteiger partial charge in [-0.05, 0) is 30.7 Å². The maximum Gasteiger partial charge on any atom is 0.310 e. The van der Waals surface area contributed by atoms with Gasteiger partial charge >= 0.3 is 5.97 Å². The van der Waals surface area contributed by atoms with Crippen molar-refractivity contribution in [1.82, 2.24) is 9.88 Å². The third kappa shape index (κ3) is 4.65. The van der Waals surface area contributed by atoms with E-state index < -0.39 is 5.92 Å². The molecule has 1 aromatic heterocycles. The zero-order valence-electron chi connectivity index (χ0n) is 14.2. The van der Waals surface area contributed by atoms with Crippen LogP contribution in [0.15, 0.2) is 48.8 Å². The molecule has 1 heterocycles. The molecule has 2 rings (SSSR count). The summed E-state index contributed by atoms with van der Waals surface area (Å²) in [5.41, 5.74) is 2.60. The van der Waals surface area contributed by atoms with Crippen molar-refractivity contribution in [1.29, 1.82) is 0 Å². The molecule has 1 atom stereocenters. The molecule has 0 saturated heterocycles. The van der Waals surface area contributed by atoms with Gasteiger partial charge < -0.3 is 9.64 Å². The van der Waals surface area contributed by atoms with Crippen LogP contribution in [0.1, 0.15) is 28.4 Å². The van der Waals surface area contributed by atoms with Crippen LogP contribution in [0, 0.1) is 12.8 Å². The predicted octanol–water partition coefficient (Wildman–Crippen LogP) is 2.84. The van der Waals surface area contributed by atoms with Gasteiger partial charge in [0.1, 0.15) is 0 Å². The molecule has 1 amide bonds. The number of aromatic nitrogens is 1. The third-order valence-corrected chi connectivity index (χ3v) is 3.78. The van der Waals surface area contributed by atoms with Gasteiger partial charge in [0.15, 0.2) is 0 Å². The number of carbonyl (C=O) groups is 2. The number of amides is 1. The molecule has 2 aromatic rings. The Morgan fingerprint density at radius 2 is 1.92 bits per heavy atom. The number of aryl methyl sites for hydroxylation is 1. The molecular formula is C19H22N2O3. The summed E-state index contributed by atoms with van der Waals surface area (Å²) in [5.74, 6) is -0.849. The van der Waals surface area contributed by atoms with Crippen LogP contribution in [0.25, 0.3) is 0 Å². The van der Waals surface area contributed by atoms with Crippen LogP contribution in [0.4, 0.5) is 0 Å². The molecule has 1 unspecified atom stereocenters. The molecule has 0 aliphatic heterocycles. The average molecular weight is 326 g/mol. The van der Waals surface area contributed by atoms with Crippen molar-refractivity contribution in [3.63, 3.8) is 0 Å². The van der Waals surface area contributed by atoms with E-state index in [-0.39, 0.29) is 18.4 Å². The molecule has 1 aromatic carbocycles. The minimum Gasteiger partial charge on any atom is -0.469 e. The second-order valence-corrected chi connectivity index (χ2v) is 5.84. The van der Waals surface area contributed by atoms with Crippen LogP contribution in [0.2, 0.25) is 0 Å². The minimum atomic E-state index is -0.402. The predicted molar refractivity (Wildman–Crippen MR) is 91.3 cm³/mol. The van der Waals surface area contributed by atoms with Crippen molar-refractivity contribution in [2.75, 3.05) is 13.7 Å². The van der Waals surface area contributed by atoms with E-state index in [9.17, 15) is 9.59 Å². The number of carbonyl (C=O) groups excluding carboxylic acids is 2. The number of benzene rings is 1. The topological polar surface area (TPSA) is 59.5 Å². The summed E-state index contributed by atoms with van der Waals surface area (Å²) < 4.78 is 4.78. The van der Waals surface area contributed by atoms with Crippen molar-refractivity contribution in [3.05, 3.63) is 65.5 Å². The molecule has 126 valence electrons. The van der Waals surface area contributed by atoms with Crippen molar-refractivity contribution in [2.45, 2.75) is 20.4 Å². The molecule has 24 heavy (non-hydrogen) atoms. The number of methoxy groups -OCH3 is 1. The van der Waals surface area contributed by atoms with E-state index in [0.717, 1.165) is 11.1 Å². The second kappa shape index (κ2) is 8.24. The quantitative estimate of drug-likeness (QED) is 0.766. The first-order valence-electron chi connectivity index (χ1n) is 7.84. The van der Waals surface area contributed by atoms with E-state index in [2.05, 4.69) is 4.98 Å². The highest BCUT2D eigenvalue weighted by atomic mass is 16.5. The van der Waals surface area contributed by atoms with Gasteiger partial charge in [-0.25, -0.2) is 0 Å². The van der Waals surface area contributed by atoms with E-state index in [1.807, 2.05) is 31.2 Å². The lowest BCUT2D eigenvalue weighted by molar-refractivity contribution is -0.145. The Hall–Kier alpha value is -2.69. The molecule has 5 nitrogen and oxygen atoms in total. The molecule has 0 fully saturated rings. The lowest BCUT2D eigenvalue weighted by atomic mass is 10.1. The van der Waals surface area contributed by atoms with Crippen LogP contribution in [0.5, 0.6) is 0 Å². The number of esters is 1. The number of pyridine rings is 1. The summed E-state index contributed by atoms with van der Waals surface area (Å²) in [6.07, 6.45) is 3.41. The zero-order valence-corrected chi connectivity index (χ0v) is 14.2.